The summed E-state index contributed by atoms with van der Waals surface area (Å²) in [6.07, 6.45) is 2.20. The van der Waals surface area contributed by atoms with Crippen LogP contribution in [-0.2, 0) is 12.8 Å². The second kappa shape index (κ2) is 7.10. The van der Waals surface area contributed by atoms with Crippen LogP contribution in [0.4, 0.5) is 0 Å². The van der Waals surface area contributed by atoms with E-state index in [2.05, 4.69) is 66.8 Å². The smallest absolute Gasteiger partial charge is 0.00203 e. The van der Waals surface area contributed by atoms with Crippen molar-refractivity contribution in [3.05, 3.63) is 71.3 Å². The average molecular weight is 253 g/mol. The van der Waals surface area contributed by atoms with Gasteiger partial charge in [-0.15, -0.1) is 0 Å². The van der Waals surface area contributed by atoms with Crippen molar-refractivity contribution in [2.45, 2.75) is 25.7 Å². The van der Waals surface area contributed by atoms with E-state index in [-0.39, 0.29) is 0 Å². The predicted octanol–water partition coefficient (Wildman–Crippen LogP) is 3.79. The molecule has 2 aromatic carbocycles. The van der Waals surface area contributed by atoms with Crippen LogP contribution in [0.25, 0.3) is 0 Å². The molecule has 0 bridgehead atoms. The number of benzene rings is 2. The Morgan fingerprint density at radius 2 is 1.53 bits per heavy atom. The molecule has 0 heterocycles. The fourth-order valence-electron chi connectivity index (χ4n) is 2.48. The van der Waals surface area contributed by atoms with Gasteiger partial charge < -0.3 is 5.32 Å². The highest BCUT2D eigenvalue weighted by Gasteiger charge is 2.11. The van der Waals surface area contributed by atoms with Crippen LogP contribution in [0.3, 0.4) is 0 Å². The summed E-state index contributed by atoms with van der Waals surface area (Å²) in [6, 6.07) is 19.8. The lowest BCUT2D eigenvalue weighted by Gasteiger charge is -2.17. The van der Waals surface area contributed by atoms with Crippen molar-refractivity contribution in [3.63, 3.8) is 0 Å². The molecule has 1 N–H and O–H groups in total. The molecule has 0 spiro atoms. The van der Waals surface area contributed by atoms with E-state index in [9.17, 15) is 0 Å². The first-order chi connectivity index (χ1) is 9.33. The largest absolute Gasteiger partial charge is 0.319 e. The lowest BCUT2D eigenvalue weighted by molar-refractivity contribution is 0.625. The SMILES string of the molecule is CCc1ccc(CC(CNC)c2ccccc2)cc1. The van der Waals surface area contributed by atoms with Gasteiger partial charge in [0, 0.05) is 12.5 Å². The number of rotatable bonds is 6. The van der Waals surface area contributed by atoms with E-state index in [0.717, 1.165) is 19.4 Å². The van der Waals surface area contributed by atoms with E-state index >= 15 is 0 Å². The monoisotopic (exact) mass is 253 g/mol. The van der Waals surface area contributed by atoms with Crippen molar-refractivity contribution in [3.8, 4) is 0 Å². The molecule has 0 fully saturated rings. The summed E-state index contributed by atoms with van der Waals surface area (Å²) < 4.78 is 0. The first-order valence-corrected chi connectivity index (χ1v) is 7.10. The summed E-state index contributed by atoms with van der Waals surface area (Å²) in [5, 5.41) is 3.31. The number of hydrogen-bond acceptors (Lipinski definition) is 1. The third-order valence-electron chi connectivity index (χ3n) is 3.63. The van der Waals surface area contributed by atoms with E-state index in [1.54, 1.807) is 0 Å². The van der Waals surface area contributed by atoms with Gasteiger partial charge in [0.1, 0.15) is 0 Å². The molecule has 2 rings (SSSR count). The quantitative estimate of drug-likeness (QED) is 0.826. The van der Waals surface area contributed by atoms with Gasteiger partial charge in [-0.25, -0.2) is 0 Å². The zero-order valence-electron chi connectivity index (χ0n) is 11.9. The van der Waals surface area contributed by atoms with Crippen molar-refractivity contribution in [1.82, 2.24) is 5.32 Å². The molecule has 1 atom stereocenters. The molecular weight excluding hydrogens is 230 g/mol. The summed E-state index contributed by atoms with van der Waals surface area (Å²) in [4.78, 5) is 0. The summed E-state index contributed by atoms with van der Waals surface area (Å²) in [5.41, 5.74) is 4.24. The summed E-state index contributed by atoms with van der Waals surface area (Å²) in [6.45, 7) is 3.21. The number of likely N-dealkylation sites (N-methyl/N-ethyl adjacent to an activating group) is 1. The van der Waals surface area contributed by atoms with Gasteiger partial charge in [0.25, 0.3) is 0 Å². The highest BCUT2D eigenvalue weighted by atomic mass is 14.8. The molecular formula is C18H23N. The van der Waals surface area contributed by atoms with Gasteiger partial charge in [0.05, 0.1) is 0 Å². The molecule has 0 aliphatic rings. The minimum Gasteiger partial charge on any atom is -0.319 e. The molecule has 19 heavy (non-hydrogen) atoms. The van der Waals surface area contributed by atoms with Gasteiger partial charge in [0.2, 0.25) is 0 Å². The molecule has 1 nitrogen and oxygen atoms in total. The minimum atomic E-state index is 0.540. The van der Waals surface area contributed by atoms with Crippen LogP contribution < -0.4 is 5.32 Å². The van der Waals surface area contributed by atoms with Crippen molar-refractivity contribution >= 4 is 0 Å². The van der Waals surface area contributed by atoms with E-state index in [1.807, 2.05) is 7.05 Å². The third kappa shape index (κ3) is 3.93. The lowest BCUT2D eigenvalue weighted by atomic mass is 9.91. The topological polar surface area (TPSA) is 12.0 Å². The molecule has 0 saturated heterocycles. The maximum absolute atomic E-state index is 3.31. The number of aryl methyl sites for hydroxylation is 1. The zero-order valence-corrected chi connectivity index (χ0v) is 11.9. The van der Waals surface area contributed by atoms with Gasteiger partial charge in [-0.3, -0.25) is 0 Å². The van der Waals surface area contributed by atoms with Crippen LogP contribution in [0, 0.1) is 0 Å². The van der Waals surface area contributed by atoms with Crippen molar-refractivity contribution in [2.75, 3.05) is 13.6 Å². The molecule has 0 aliphatic carbocycles. The maximum atomic E-state index is 3.31. The minimum absolute atomic E-state index is 0.540. The third-order valence-corrected chi connectivity index (χ3v) is 3.63. The molecule has 1 unspecified atom stereocenters. The Morgan fingerprint density at radius 1 is 0.895 bits per heavy atom. The Bertz CT molecular complexity index is 473. The summed E-state index contributed by atoms with van der Waals surface area (Å²) in [7, 11) is 2.02. The fourth-order valence-corrected chi connectivity index (χ4v) is 2.48. The van der Waals surface area contributed by atoms with E-state index < -0.39 is 0 Å². The van der Waals surface area contributed by atoms with E-state index in [1.165, 1.54) is 16.7 Å². The van der Waals surface area contributed by atoms with Crippen molar-refractivity contribution < 1.29 is 0 Å². The fraction of sp³-hybridized carbons (Fsp3) is 0.333. The van der Waals surface area contributed by atoms with Crippen LogP contribution in [0.2, 0.25) is 0 Å². The highest BCUT2D eigenvalue weighted by Crippen LogP contribution is 2.20. The molecule has 2 aromatic rings. The molecule has 0 amide bonds. The predicted molar refractivity (Wildman–Crippen MR) is 82.6 cm³/mol. The van der Waals surface area contributed by atoms with Crippen LogP contribution in [-0.4, -0.2) is 13.6 Å². The zero-order chi connectivity index (χ0) is 13.5. The van der Waals surface area contributed by atoms with Crippen LogP contribution in [0.5, 0.6) is 0 Å². The molecule has 1 heteroatoms. The van der Waals surface area contributed by atoms with Crippen molar-refractivity contribution in [1.29, 1.82) is 0 Å². The summed E-state index contributed by atoms with van der Waals surface area (Å²) >= 11 is 0. The van der Waals surface area contributed by atoms with Gasteiger partial charge in [-0.2, -0.15) is 0 Å². The number of hydrogen-bond donors (Lipinski definition) is 1. The lowest BCUT2D eigenvalue weighted by Crippen LogP contribution is -2.19. The second-order valence-corrected chi connectivity index (χ2v) is 5.04. The van der Waals surface area contributed by atoms with Crippen LogP contribution in [0.15, 0.2) is 54.6 Å². The van der Waals surface area contributed by atoms with Gasteiger partial charge in [-0.05, 0) is 36.6 Å². The van der Waals surface area contributed by atoms with Crippen LogP contribution >= 0.6 is 0 Å². The Kier molecular flexibility index (Phi) is 5.17. The van der Waals surface area contributed by atoms with E-state index in [0.29, 0.717) is 5.92 Å². The number of nitrogens with one attached hydrogen (secondary N) is 1. The average Bonchev–Trinajstić information content (AvgIpc) is 2.48. The standard InChI is InChI=1S/C18H23N/c1-3-15-9-11-16(12-10-15)13-18(14-19-2)17-7-5-4-6-8-17/h4-12,18-19H,3,13-14H2,1-2H3. The molecule has 0 aromatic heterocycles. The summed E-state index contributed by atoms with van der Waals surface area (Å²) in [5.74, 6) is 0.540. The Balaban J connectivity index is 2.11. The Morgan fingerprint density at radius 3 is 2.11 bits per heavy atom. The molecule has 100 valence electrons. The molecule has 0 saturated carbocycles. The Hall–Kier alpha value is -1.60. The molecule has 0 aliphatic heterocycles. The molecule has 0 radical (unpaired) electrons. The van der Waals surface area contributed by atoms with Gasteiger partial charge >= 0.3 is 0 Å². The Labute approximate surface area is 116 Å². The highest BCUT2D eigenvalue weighted by molar-refractivity contribution is 5.27. The second-order valence-electron chi connectivity index (χ2n) is 5.04. The maximum Gasteiger partial charge on any atom is 0.00203 e. The van der Waals surface area contributed by atoms with Crippen molar-refractivity contribution in [2.24, 2.45) is 0 Å². The van der Waals surface area contributed by atoms with Crippen LogP contribution in [0.1, 0.15) is 29.5 Å². The normalized spacial score (nSPS) is 12.3. The first-order valence-electron chi connectivity index (χ1n) is 7.10. The van der Waals surface area contributed by atoms with E-state index in [4.69, 9.17) is 0 Å². The van der Waals surface area contributed by atoms with Gasteiger partial charge in [-0.1, -0.05) is 61.5 Å². The van der Waals surface area contributed by atoms with Gasteiger partial charge in [0.15, 0.2) is 0 Å². The first kappa shape index (κ1) is 13.8.